The van der Waals surface area contributed by atoms with Crippen molar-refractivity contribution in [2.75, 3.05) is 58.3 Å². The molecule has 2 fully saturated rings. The van der Waals surface area contributed by atoms with Crippen LogP contribution in [0.4, 0.5) is 11.4 Å². The first-order valence-corrected chi connectivity index (χ1v) is 12.2. The molecule has 0 N–H and O–H groups in total. The maximum absolute atomic E-state index is 13.3. The van der Waals surface area contributed by atoms with E-state index in [0.717, 1.165) is 13.1 Å². The number of amides is 1. The van der Waals surface area contributed by atoms with Gasteiger partial charge in [-0.2, -0.15) is 0 Å². The Morgan fingerprint density at radius 2 is 1.78 bits per heavy atom. The minimum absolute atomic E-state index is 0.0220. The number of nitro groups is 1. The number of likely N-dealkylation sites (tertiary alicyclic amines) is 1. The lowest BCUT2D eigenvalue weighted by molar-refractivity contribution is -0.384. The Morgan fingerprint density at radius 3 is 2.44 bits per heavy atom. The number of carbonyl (C=O) groups is 2. The van der Waals surface area contributed by atoms with Crippen molar-refractivity contribution < 1.29 is 24.0 Å². The summed E-state index contributed by atoms with van der Waals surface area (Å²) in [6.45, 7) is 3.86. The minimum atomic E-state index is -0.662. The lowest BCUT2D eigenvalue weighted by Gasteiger charge is -2.44. The Morgan fingerprint density at radius 1 is 1.06 bits per heavy atom. The molecule has 36 heavy (non-hydrogen) atoms. The summed E-state index contributed by atoms with van der Waals surface area (Å²) in [5.74, 6) is 0.907. The van der Waals surface area contributed by atoms with Crippen LogP contribution in [0.3, 0.4) is 0 Å². The second-order valence-corrected chi connectivity index (χ2v) is 9.79. The zero-order valence-electron chi connectivity index (χ0n) is 20.6. The summed E-state index contributed by atoms with van der Waals surface area (Å²) in [5, 5.41) is 11.8. The van der Waals surface area contributed by atoms with Gasteiger partial charge >= 0.3 is 0 Å². The first kappa shape index (κ1) is 24.1. The first-order chi connectivity index (χ1) is 17.3. The Balaban J connectivity index is 1.30. The Kier molecular flexibility index (Phi) is 6.29. The number of hydrogen-bond donors (Lipinski definition) is 0. The normalized spacial score (nSPS) is 19.6. The van der Waals surface area contributed by atoms with Gasteiger partial charge in [-0.1, -0.05) is 0 Å². The van der Waals surface area contributed by atoms with Crippen molar-refractivity contribution in [2.24, 2.45) is 0 Å². The molecule has 2 aromatic rings. The summed E-state index contributed by atoms with van der Waals surface area (Å²) >= 11 is 0. The molecular weight excluding hydrogens is 464 g/mol. The van der Waals surface area contributed by atoms with Crippen molar-refractivity contribution in [3.63, 3.8) is 0 Å². The monoisotopic (exact) mass is 494 g/mol. The quantitative estimate of drug-likeness (QED) is 0.472. The van der Waals surface area contributed by atoms with Crippen LogP contribution in [-0.4, -0.2) is 85.4 Å². The lowest BCUT2D eigenvalue weighted by atomic mass is 9.82. The number of Topliss-reactive ketones (excluding diaryl/α,β-unsaturated/α-hetero) is 1. The molecule has 0 aliphatic carbocycles. The fourth-order valence-electron chi connectivity index (χ4n) is 5.30. The van der Waals surface area contributed by atoms with Crippen molar-refractivity contribution >= 4 is 23.1 Å². The van der Waals surface area contributed by atoms with E-state index < -0.39 is 10.5 Å². The van der Waals surface area contributed by atoms with Crippen LogP contribution in [0.1, 0.15) is 40.0 Å². The van der Waals surface area contributed by atoms with Crippen LogP contribution < -0.4 is 14.4 Å². The van der Waals surface area contributed by atoms with E-state index >= 15 is 0 Å². The molecule has 0 saturated carbocycles. The highest BCUT2D eigenvalue weighted by Crippen LogP contribution is 2.41. The molecule has 2 saturated heterocycles. The van der Waals surface area contributed by atoms with Gasteiger partial charge in [0, 0.05) is 69.8 Å². The molecule has 190 valence electrons. The zero-order valence-corrected chi connectivity index (χ0v) is 20.6. The van der Waals surface area contributed by atoms with Crippen LogP contribution in [0, 0.1) is 10.1 Å². The van der Waals surface area contributed by atoms with Gasteiger partial charge in [0.1, 0.15) is 22.8 Å². The predicted molar refractivity (Wildman–Crippen MR) is 133 cm³/mol. The van der Waals surface area contributed by atoms with Gasteiger partial charge in [-0.25, -0.2) is 0 Å². The predicted octanol–water partition coefficient (Wildman–Crippen LogP) is 3.00. The van der Waals surface area contributed by atoms with E-state index in [1.807, 2.05) is 11.9 Å². The molecule has 1 spiro atoms. The second-order valence-electron chi connectivity index (χ2n) is 9.79. The van der Waals surface area contributed by atoms with Gasteiger partial charge in [-0.05, 0) is 31.3 Å². The number of hydrogen-bond acceptors (Lipinski definition) is 8. The molecule has 5 rings (SSSR count). The third-order valence-electron chi connectivity index (χ3n) is 7.52. The molecule has 0 bridgehead atoms. The van der Waals surface area contributed by atoms with E-state index in [1.165, 1.54) is 6.07 Å². The number of nitro benzene ring substituents is 1. The van der Waals surface area contributed by atoms with Crippen LogP contribution in [0.25, 0.3) is 0 Å². The van der Waals surface area contributed by atoms with Crippen molar-refractivity contribution in [3.8, 4) is 11.5 Å². The highest BCUT2D eigenvalue weighted by atomic mass is 16.6. The number of anilines is 1. The van der Waals surface area contributed by atoms with Crippen molar-refractivity contribution in [1.82, 2.24) is 9.80 Å². The molecular formula is C26H30N4O6. The molecule has 0 radical (unpaired) electrons. The van der Waals surface area contributed by atoms with E-state index in [1.54, 1.807) is 42.3 Å². The van der Waals surface area contributed by atoms with E-state index in [2.05, 4.69) is 4.90 Å². The smallest absolute Gasteiger partial charge is 0.293 e. The van der Waals surface area contributed by atoms with Crippen molar-refractivity contribution in [2.45, 2.75) is 24.9 Å². The number of carbonyl (C=O) groups excluding carboxylic acids is 2. The molecule has 2 aromatic carbocycles. The summed E-state index contributed by atoms with van der Waals surface area (Å²) in [6.07, 6.45) is 1.27. The fourth-order valence-corrected chi connectivity index (χ4v) is 5.30. The van der Waals surface area contributed by atoms with E-state index in [4.69, 9.17) is 9.47 Å². The number of rotatable bonds is 4. The first-order valence-electron chi connectivity index (χ1n) is 12.2. The second kappa shape index (κ2) is 9.42. The molecule has 10 nitrogen and oxygen atoms in total. The maximum Gasteiger partial charge on any atom is 0.293 e. The van der Waals surface area contributed by atoms with Gasteiger partial charge in [0.05, 0.1) is 24.0 Å². The fraction of sp³-hybridized carbons (Fsp3) is 0.462. The Hall–Kier alpha value is -3.66. The third-order valence-corrected chi connectivity index (χ3v) is 7.52. The van der Waals surface area contributed by atoms with E-state index in [9.17, 15) is 19.7 Å². The summed E-state index contributed by atoms with van der Waals surface area (Å²) in [7, 11) is 3.59. The average Bonchev–Trinajstić information content (AvgIpc) is 2.88. The van der Waals surface area contributed by atoms with Gasteiger partial charge in [-0.15, -0.1) is 0 Å². The maximum atomic E-state index is 13.3. The van der Waals surface area contributed by atoms with E-state index in [0.29, 0.717) is 67.3 Å². The average molecular weight is 495 g/mol. The highest BCUT2D eigenvalue weighted by molar-refractivity contribution is 6.00. The van der Waals surface area contributed by atoms with Crippen LogP contribution in [0.5, 0.6) is 11.5 Å². The van der Waals surface area contributed by atoms with Gasteiger partial charge in [0.2, 0.25) is 0 Å². The molecule has 3 aliphatic heterocycles. The molecule has 10 heteroatoms. The molecule has 3 aliphatic rings. The molecule has 3 heterocycles. The standard InChI is InChI=1S/C26H30N4O6/c1-27-11-13-28(14-12-27)21-6-3-18(15-22(21)30(33)34)25(32)29-9-7-26(8-10-29)17-23(31)20-5-4-19(35-2)16-24(20)36-26/h3-6,15-16H,7-14,17H2,1-2H3. The topological polar surface area (TPSA) is 105 Å². The molecule has 0 unspecified atom stereocenters. The Bertz CT molecular complexity index is 1200. The van der Waals surface area contributed by atoms with Crippen LogP contribution in [0.15, 0.2) is 36.4 Å². The van der Waals surface area contributed by atoms with Crippen LogP contribution in [0.2, 0.25) is 0 Å². The van der Waals surface area contributed by atoms with Crippen molar-refractivity contribution in [1.29, 1.82) is 0 Å². The van der Waals surface area contributed by atoms with E-state index in [-0.39, 0.29) is 23.8 Å². The number of likely N-dealkylation sites (N-methyl/N-ethyl adjacent to an activating group) is 1. The number of piperazine rings is 1. The zero-order chi connectivity index (χ0) is 25.4. The summed E-state index contributed by atoms with van der Waals surface area (Å²) in [6, 6.07) is 9.95. The SMILES string of the molecule is COc1ccc2c(c1)OC1(CCN(C(=O)c3ccc(N4CCN(C)CC4)c([N+](=O)[O-])c3)CC1)CC2=O. The number of fused-ring (bicyclic) bond motifs is 1. The highest BCUT2D eigenvalue weighted by Gasteiger charge is 2.44. The summed E-state index contributed by atoms with van der Waals surface area (Å²) in [4.78, 5) is 43.4. The summed E-state index contributed by atoms with van der Waals surface area (Å²) < 4.78 is 11.6. The van der Waals surface area contributed by atoms with Gasteiger partial charge < -0.3 is 24.2 Å². The van der Waals surface area contributed by atoms with Crippen LogP contribution in [-0.2, 0) is 0 Å². The van der Waals surface area contributed by atoms with Gasteiger partial charge in [0.25, 0.3) is 11.6 Å². The number of methoxy groups -OCH3 is 1. The number of benzene rings is 2. The Labute approximate surface area is 209 Å². The van der Waals surface area contributed by atoms with Gasteiger partial charge in [0.15, 0.2) is 5.78 Å². The number of ether oxygens (including phenoxy) is 2. The largest absolute Gasteiger partial charge is 0.497 e. The van der Waals surface area contributed by atoms with Crippen molar-refractivity contribution in [3.05, 3.63) is 57.6 Å². The minimum Gasteiger partial charge on any atom is -0.497 e. The number of ketones is 1. The third kappa shape index (κ3) is 4.48. The van der Waals surface area contributed by atoms with Gasteiger partial charge in [-0.3, -0.25) is 19.7 Å². The summed E-state index contributed by atoms with van der Waals surface area (Å²) in [5.41, 5.74) is 0.680. The number of piperidine rings is 1. The molecule has 0 aromatic heterocycles. The van der Waals surface area contributed by atoms with Crippen LogP contribution >= 0.6 is 0 Å². The lowest BCUT2D eigenvalue weighted by Crippen LogP contribution is -2.52. The molecule has 0 atom stereocenters. The molecule has 1 amide bonds. The number of nitrogens with zero attached hydrogens (tertiary/aromatic N) is 4.